The van der Waals surface area contributed by atoms with Gasteiger partial charge in [0.2, 0.25) is 0 Å². The Kier molecular flexibility index (Phi) is 3.02. The first-order chi connectivity index (χ1) is 7.68. The highest BCUT2D eigenvalue weighted by atomic mass is 19.1. The molecule has 0 unspecified atom stereocenters. The third-order valence-corrected chi connectivity index (χ3v) is 2.56. The van der Waals surface area contributed by atoms with Gasteiger partial charge in [-0.15, -0.1) is 0 Å². The molecular weight excluding hydrogens is 203 g/mol. The van der Waals surface area contributed by atoms with Crippen LogP contribution in [0.2, 0.25) is 0 Å². The van der Waals surface area contributed by atoms with Crippen LogP contribution < -0.4 is 0 Å². The van der Waals surface area contributed by atoms with Gasteiger partial charge in [-0.1, -0.05) is 42.5 Å². The summed E-state index contributed by atoms with van der Waals surface area (Å²) in [6.07, 6.45) is -0.773. The van der Waals surface area contributed by atoms with E-state index in [1.807, 2.05) is 36.4 Å². The van der Waals surface area contributed by atoms with Crippen LogP contribution in [0.3, 0.4) is 0 Å². The largest absolute Gasteiger partial charge is 0.389 e. The summed E-state index contributed by atoms with van der Waals surface area (Å²) in [5.74, 6) is -0.364. The molecule has 0 fully saturated rings. The molecule has 0 aromatic heterocycles. The second-order valence-corrected chi connectivity index (χ2v) is 3.78. The van der Waals surface area contributed by atoms with Crippen LogP contribution in [0.4, 0.5) is 4.39 Å². The Labute approximate surface area is 94.2 Å². The average molecular weight is 216 g/mol. The third-order valence-electron chi connectivity index (χ3n) is 2.56. The van der Waals surface area contributed by atoms with E-state index in [4.69, 9.17) is 0 Å². The Morgan fingerprint density at radius 3 is 2.25 bits per heavy atom. The van der Waals surface area contributed by atoms with Crippen molar-refractivity contribution in [2.45, 2.75) is 13.0 Å². The van der Waals surface area contributed by atoms with Crippen LogP contribution in [-0.4, -0.2) is 5.11 Å². The molecule has 0 aliphatic rings. The first kappa shape index (κ1) is 10.8. The van der Waals surface area contributed by atoms with E-state index in [-0.39, 0.29) is 5.82 Å². The molecule has 0 amide bonds. The van der Waals surface area contributed by atoms with E-state index in [0.717, 1.165) is 11.1 Å². The predicted octanol–water partition coefficient (Wildman–Crippen LogP) is 3.55. The van der Waals surface area contributed by atoms with Crippen molar-refractivity contribution in [3.05, 3.63) is 59.9 Å². The Morgan fingerprint density at radius 1 is 1.00 bits per heavy atom. The third kappa shape index (κ3) is 2.12. The van der Waals surface area contributed by atoms with Crippen molar-refractivity contribution < 1.29 is 9.50 Å². The highest BCUT2D eigenvalue weighted by Crippen LogP contribution is 2.24. The van der Waals surface area contributed by atoms with Crippen LogP contribution in [-0.2, 0) is 0 Å². The monoisotopic (exact) mass is 216 g/mol. The molecule has 0 radical (unpaired) electrons. The molecule has 0 saturated carbocycles. The molecule has 2 aromatic carbocycles. The molecule has 0 heterocycles. The molecule has 2 rings (SSSR count). The maximum absolute atomic E-state index is 13.6. The van der Waals surface area contributed by atoms with Gasteiger partial charge >= 0.3 is 0 Å². The molecule has 1 nitrogen and oxygen atoms in total. The molecule has 0 bridgehead atoms. The summed E-state index contributed by atoms with van der Waals surface area (Å²) in [7, 11) is 0. The SMILES string of the molecule is C[C@@H](O)c1ccc(-c2ccccc2)cc1F. The van der Waals surface area contributed by atoms with Crippen molar-refractivity contribution in [1.29, 1.82) is 0 Å². The van der Waals surface area contributed by atoms with E-state index in [9.17, 15) is 9.50 Å². The summed E-state index contributed by atoms with van der Waals surface area (Å²) in [5.41, 5.74) is 2.13. The number of aliphatic hydroxyl groups excluding tert-OH is 1. The lowest BCUT2D eigenvalue weighted by molar-refractivity contribution is 0.194. The van der Waals surface area contributed by atoms with Crippen LogP contribution in [0.25, 0.3) is 11.1 Å². The number of hydrogen-bond donors (Lipinski definition) is 1. The van der Waals surface area contributed by atoms with Gasteiger partial charge in [-0.25, -0.2) is 4.39 Å². The van der Waals surface area contributed by atoms with E-state index in [1.54, 1.807) is 13.0 Å². The molecule has 0 saturated heterocycles. The molecule has 1 atom stereocenters. The summed E-state index contributed by atoms with van der Waals surface area (Å²) in [4.78, 5) is 0. The Morgan fingerprint density at radius 2 is 1.69 bits per heavy atom. The molecule has 82 valence electrons. The van der Waals surface area contributed by atoms with Gasteiger partial charge in [0.25, 0.3) is 0 Å². The number of rotatable bonds is 2. The summed E-state index contributed by atoms with van der Waals surface area (Å²) >= 11 is 0. The standard InChI is InChI=1S/C14H13FO/c1-10(16)13-8-7-12(9-14(13)15)11-5-3-2-4-6-11/h2-10,16H,1H3/t10-/m1/s1. The molecule has 1 N–H and O–H groups in total. The van der Waals surface area contributed by atoms with Crippen LogP contribution in [0, 0.1) is 5.82 Å². The van der Waals surface area contributed by atoms with Gasteiger partial charge in [0.05, 0.1) is 6.10 Å². The molecule has 0 spiro atoms. The maximum atomic E-state index is 13.6. The van der Waals surface area contributed by atoms with E-state index < -0.39 is 6.10 Å². The molecule has 0 aliphatic carbocycles. The van der Waals surface area contributed by atoms with E-state index in [1.165, 1.54) is 6.07 Å². The Hall–Kier alpha value is -1.67. The fraction of sp³-hybridized carbons (Fsp3) is 0.143. The molecule has 2 aromatic rings. The molecule has 2 heteroatoms. The van der Waals surface area contributed by atoms with Crippen molar-refractivity contribution in [3.63, 3.8) is 0 Å². The molecule has 0 aliphatic heterocycles. The quantitative estimate of drug-likeness (QED) is 0.814. The van der Waals surface area contributed by atoms with Gasteiger partial charge < -0.3 is 5.11 Å². The first-order valence-corrected chi connectivity index (χ1v) is 5.21. The van der Waals surface area contributed by atoms with Crippen molar-refractivity contribution in [3.8, 4) is 11.1 Å². The summed E-state index contributed by atoms with van der Waals surface area (Å²) in [6.45, 7) is 1.56. The zero-order valence-corrected chi connectivity index (χ0v) is 9.02. The van der Waals surface area contributed by atoms with Crippen molar-refractivity contribution >= 4 is 0 Å². The minimum atomic E-state index is -0.773. The zero-order chi connectivity index (χ0) is 11.5. The van der Waals surface area contributed by atoms with E-state index in [2.05, 4.69) is 0 Å². The predicted molar refractivity (Wildman–Crippen MR) is 62.5 cm³/mol. The lowest BCUT2D eigenvalue weighted by atomic mass is 10.0. The lowest BCUT2D eigenvalue weighted by Gasteiger charge is -2.08. The average Bonchev–Trinajstić information content (AvgIpc) is 2.29. The van der Waals surface area contributed by atoms with Gasteiger partial charge in [0.15, 0.2) is 0 Å². The van der Waals surface area contributed by atoms with Crippen molar-refractivity contribution in [1.82, 2.24) is 0 Å². The smallest absolute Gasteiger partial charge is 0.129 e. The highest BCUT2D eigenvalue weighted by molar-refractivity contribution is 5.63. The summed E-state index contributed by atoms with van der Waals surface area (Å²) < 4.78 is 13.6. The van der Waals surface area contributed by atoms with Gasteiger partial charge in [-0.3, -0.25) is 0 Å². The second kappa shape index (κ2) is 4.45. The van der Waals surface area contributed by atoms with Crippen LogP contribution in [0.5, 0.6) is 0 Å². The van der Waals surface area contributed by atoms with Gasteiger partial charge in [0, 0.05) is 5.56 Å². The van der Waals surface area contributed by atoms with Crippen LogP contribution in [0.1, 0.15) is 18.6 Å². The highest BCUT2D eigenvalue weighted by Gasteiger charge is 2.08. The summed E-state index contributed by atoms with van der Waals surface area (Å²) in [5, 5.41) is 9.33. The second-order valence-electron chi connectivity index (χ2n) is 3.78. The van der Waals surface area contributed by atoms with Gasteiger partial charge in [-0.2, -0.15) is 0 Å². The minimum Gasteiger partial charge on any atom is -0.389 e. The number of benzene rings is 2. The van der Waals surface area contributed by atoms with Gasteiger partial charge in [0.1, 0.15) is 5.82 Å². The van der Waals surface area contributed by atoms with E-state index in [0.29, 0.717) is 5.56 Å². The minimum absolute atomic E-state index is 0.333. The summed E-state index contributed by atoms with van der Waals surface area (Å²) in [6, 6.07) is 14.5. The zero-order valence-electron chi connectivity index (χ0n) is 9.02. The first-order valence-electron chi connectivity index (χ1n) is 5.21. The number of halogens is 1. The van der Waals surface area contributed by atoms with Gasteiger partial charge in [-0.05, 0) is 24.1 Å². The van der Waals surface area contributed by atoms with Crippen molar-refractivity contribution in [2.24, 2.45) is 0 Å². The lowest BCUT2D eigenvalue weighted by Crippen LogP contribution is -1.95. The Balaban J connectivity index is 2.43. The van der Waals surface area contributed by atoms with E-state index >= 15 is 0 Å². The topological polar surface area (TPSA) is 20.2 Å². The fourth-order valence-electron chi connectivity index (χ4n) is 1.68. The number of hydrogen-bond acceptors (Lipinski definition) is 1. The number of aliphatic hydroxyl groups is 1. The fourth-order valence-corrected chi connectivity index (χ4v) is 1.68. The van der Waals surface area contributed by atoms with Crippen LogP contribution >= 0.6 is 0 Å². The molecular formula is C14H13FO. The maximum Gasteiger partial charge on any atom is 0.129 e. The van der Waals surface area contributed by atoms with Crippen molar-refractivity contribution in [2.75, 3.05) is 0 Å². The van der Waals surface area contributed by atoms with Crippen LogP contribution in [0.15, 0.2) is 48.5 Å². The normalized spacial score (nSPS) is 12.4. The Bertz CT molecular complexity index is 477. The molecule has 16 heavy (non-hydrogen) atoms.